The third kappa shape index (κ3) is 3.21. The first-order chi connectivity index (χ1) is 9.90. The molecule has 1 fully saturated rings. The maximum atomic E-state index is 12.3. The van der Waals surface area contributed by atoms with Crippen LogP contribution < -0.4 is 10.2 Å². The molecule has 0 bridgehead atoms. The number of aliphatic carboxylic acids is 1. The van der Waals surface area contributed by atoms with Gasteiger partial charge in [0.15, 0.2) is 0 Å². The zero-order chi connectivity index (χ0) is 15.6. The van der Waals surface area contributed by atoms with E-state index in [9.17, 15) is 14.4 Å². The zero-order valence-electron chi connectivity index (χ0n) is 12.0. The Morgan fingerprint density at radius 2 is 1.95 bits per heavy atom. The maximum Gasteiger partial charge on any atom is 0.325 e. The predicted octanol–water partition coefficient (Wildman–Crippen LogP) is 0.937. The lowest BCUT2D eigenvalue weighted by Gasteiger charge is -2.17. The molecule has 6 nitrogen and oxygen atoms in total. The topological polar surface area (TPSA) is 86.7 Å². The average molecular weight is 290 g/mol. The van der Waals surface area contributed by atoms with E-state index in [0.717, 1.165) is 11.3 Å². The zero-order valence-corrected chi connectivity index (χ0v) is 12.0. The highest BCUT2D eigenvalue weighted by Crippen LogP contribution is 2.25. The monoisotopic (exact) mass is 290 g/mol. The summed E-state index contributed by atoms with van der Waals surface area (Å²) in [7, 11) is 0. The van der Waals surface area contributed by atoms with Crippen LogP contribution in [-0.2, 0) is 14.4 Å². The minimum absolute atomic E-state index is 0.283. The molecule has 21 heavy (non-hydrogen) atoms. The summed E-state index contributed by atoms with van der Waals surface area (Å²) >= 11 is 0. The molecule has 1 aliphatic heterocycles. The van der Waals surface area contributed by atoms with Gasteiger partial charge in [0, 0.05) is 12.2 Å². The Morgan fingerprint density at radius 3 is 2.52 bits per heavy atom. The molecule has 0 radical (unpaired) electrons. The Bertz CT molecular complexity index is 568. The molecule has 6 heteroatoms. The molecular weight excluding hydrogens is 272 g/mol. The van der Waals surface area contributed by atoms with Gasteiger partial charge in [0.25, 0.3) is 0 Å². The van der Waals surface area contributed by atoms with Crippen LogP contribution in [0, 0.1) is 12.8 Å². The van der Waals surface area contributed by atoms with Gasteiger partial charge in [-0.25, -0.2) is 0 Å². The number of benzene rings is 1. The second kappa shape index (κ2) is 5.95. The molecule has 1 aliphatic rings. The number of carboxylic acid groups (broad SMARTS) is 1. The Kier molecular flexibility index (Phi) is 4.26. The van der Waals surface area contributed by atoms with Gasteiger partial charge in [-0.2, -0.15) is 0 Å². The number of amides is 2. The Labute approximate surface area is 122 Å². The van der Waals surface area contributed by atoms with Gasteiger partial charge in [0.1, 0.15) is 12.0 Å². The fraction of sp³-hybridized carbons (Fsp3) is 0.400. The van der Waals surface area contributed by atoms with Crippen molar-refractivity contribution in [3.63, 3.8) is 0 Å². The second-order valence-electron chi connectivity index (χ2n) is 5.24. The third-order valence-electron chi connectivity index (χ3n) is 3.60. The van der Waals surface area contributed by atoms with Crippen LogP contribution in [0.5, 0.6) is 0 Å². The van der Waals surface area contributed by atoms with Gasteiger partial charge in [-0.3, -0.25) is 14.4 Å². The van der Waals surface area contributed by atoms with Gasteiger partial charge < -0.3 is 15.3 Å². The molecule has 1 saturated heterocycles. The molecule has 1 aromatic rings. The van der Waals surface area contributed by atoms with Crippen LogP contribution >= 0.6 is 0 Å². The maximum absolute atomic E-state index is 12.3. The number of anilines is 1. The number of carbonyl (C=O) groups is 3. The van der Waals surface area contributed by atoms with Crippen LogP contribution in [-0.4, -0.2) is 35.5 Å². The lowest BCUT2D eigenvalue weighted by Crippen LogP contribution is -2.44. The minimum Gasteiger partial charge on any atom is -0.480 e. The van der Waals surface area contributed by atoms with Gasteiger partial charge >= 0.3 is 5.97 Å². The Balaban J connectivity index is 2.06. The molecular formula is C15H18N2O4. The predicted molar refractivity (Wildman–Crippen MR) is 76.9 cm³/mol. The fourth-order valence-corrected chi connectivity index (χ4v) is 2.28. The standard InChI is InChI=1S/C15H18N2O4/c1-9-3-5-11(6-4-9)17-8-7-12(14(17)19)13(18)16-10(2)15(20)21/h3-6,10,12H,7-8H2,1-2H3,(H,16,18)(H,20,21)/t10-,12-/m1/s1. The molecule has 2 N–H and O–H groups in total. The van der Waals surface area contributed by atoms with Crippen LogP contribution in [0.4, 0.5) is 5.69 Å². The van der Waals surface area contributed by atoms with E-state index >= 15 is 0 Å². The minimum atomic E-state index is -1.12. The van der Waals surface area contributed by atoms with E-state index in [2.05, 4.69) is 5.32 Å². The number of rotatable bonds is 4. The van der Waals surface area contributed by atoms with E-state index in [1.807, 2.05) is 31.2 Å². The van der Waals surface area contributed by atoms with E-state index in [-0.39, 0.29) is 5.91 Å². The van der Waals surface area contributed by atoms with Crippen LogP contribution in [0.15, 0.2) is 24.3 Å². The summed E-state index contributed by atoms with van der Waals surface area (Å²) in [4.78, 5) is 36.6. The molecule has 0 aliphatic carbocycles. The van der Waals surface area contributed by atoms with Gasteiger partial charge in [0.2, 0.25) is 11.8 Å². The van der Waals surface area contributed by atoms with Gasteiger partial charge in [-0.1, -0.05) is 17.7 Å². The smallest absolute Gasteiger partial charge is 0.325 e. The van der Waals surface area contributed by atoms with Crippen molar-refractivity contribution in [3.05, 3.63) is 29.8 Å². The molecule has 1 aromatic carbocycles. The molecule has 1 heterocycles. The number of carboxylic acids is 1. The molecule has 0 unspecified atom stereocenters. The normalized spacial score (nSPS) is 19.4. The molecule has 112 valence electrons. The number of hydrogen-bond acceptors (Lipinski definition) is 3. The third-order valence-corrected chi connectivity index (χ3v) is 3.60. The van der Waals surface area contributed by atoms with E-state index in [4.69, 9.17) is 5.11 Å². The van der Waals surface area contributed by atoms with Crippen molar-refractivity contribution in [2.24, 2.45) is 5.92 Å². The molecule has 2 rings (SSSR count). The SMILES string of the molecule is Cc1ccc(N2CC[C@H](C(=O)N[C@H](C)C(=O)O)C2=O)cc1. The van der Waals surface area contributed by atoms with Crippen molar-refractivity contribution in [2.75, 3.05) is 11.4 Å². The van der Waals surface area contributed by atoms with Crippen LogP contribution in [0.2, 0.25) is 0 Å². The van der Waals surface area contributed by atoms with Crippen LogP contribution in [0.25, 0.3) is 0 Å². The summed E-state index contributed by atoms with van der Waals surface area (Å²) in [6.45, 7) is 3.79. The highest BCUT2D eigenvalue weighted by atomic mass is 16.4. The molecule has 0 saturated carbocycles. The molecule has 0 spiro atoms. The van der Waals surface area contributed by atoms with Crippen LogP contribution in [0.3, 0.4) is 0 Å². The van der Waals surface area contributed by atoms with E-state index < -0.39 is 23.8 Å². The van der Waals surface area contributed by atoms with Crippen molar-refractivity contribution in [2.45, 2.75) is 26.3 Å². The highest BCUT2D eigenvalue weighted by molar-refractivity contribution is 6.10. The summed E-state index contributed by atoms with van der Waals surface area (Å²) in [5, 5.41) is 11.1. The summed E-state index contributed by atoms with van der Waals surface area (Å²) in [6, 6.07) is 6.49. The van der Waals surface area contributed by atoms with E-state index in [0.29, 0.717) is 13.0 Å². The summed E-state index contributed by atoms with van der Waals surface area (Å²) in [6.07, 6.45) is 0.394. The fourth-order valence-electron chi connectivity index (χ4n) is 2.28. The largest absolute Gasteiger partial charge is 0.480 e. The highest BCUT2D eigenvalue weighted by Gasteiger charge is 2.38. The average Bonchev–Trinajstić information content (AvgIpc) is 2.81. The molecule has 2 atom stereocenters. The van der Waals surface area contributed by atoms with Crippen molar-refractivity contribution < 1.29 is 19.5 Å². The summed E-state index contributed by atoms with van der Waals surface area (Å²) < 4.78 is 0. The molecule has 2 amide bonds. The van der Waals surface area contributed by atoms with Crippen molar-refractivity contribution in [1.29, 1.82) is 0 Å². The lowest BCUT2D eigenvalue weighted by atomic mass is 10.1. The van der Waals surface area contributed by atoms with Crippen molar-refractivity contribution >= 4 is 23.5 Å². The summed E-state index contributed by atoms with van der Waals surface area (Å²) in [5.41, 5.74) is 1.85. The number of nitrogens with zero attached hydrogens (tertiary/aromatic N) is 1. The van der Waals surface area contributed by atoms with E-state index in [1.165, 1.54) is 6.92 Å². The van der Waals surface area contributed by atoms with Gasteiger partial charge in [0.05, 0.1) is 0 Å². The Hall–Kier alpha value is -2.37. The first-order valence-corrected chi connectivity index (χ1v) is 6.81. The number of aryl methyl sites for hydroxylation is 1. The Morgan fingerprint density at radius 1 is 1.33 bits per heavy atom. The van der Waals surface area contributed by atoms with Crippen LogP contribution in [0.1, 0.15) is 18.9 Å². The lowest BCUT2D eigenvalue weighted by molar-refractivity contribution is -0.143. The second-order valence-corrected chi connectivity index (χ2v) is 5.24. The van der Waals surface area contributed by atoms with Crippen molar-refractivity contribution in [1.82, 2.24) is 5.32 Å². The molecule has 0 aromatic heterocycles. The number of nitrogens with one attached hydrogen (secondary N) is 1. The van der Waals surface area contributed by atoms with E-state index in [1.54, 1.807) is 4.90 Å². The first kappa shape index (κ1) is 15.0. The van der Waals surface area contributed by atoms with Crippen molar-refractivity contribution in [3.8, 4) is 0 Å². The summed E-state index contributed by atoms with van der Waals surface area (Å²) in [5.74, 6) is -2.74. The number of carbonyl (C=O) groups excluding carboxylic acids is 2. The quantitative estimate of drug-likeness (QED) is 0.808. The van der Waals surface area contributed by atoms with Gasteiger partial charge in [-0.05, 0) is 32.4 Å². The number of hydrogen-bond donors (Lipinski definition) is 2. The van der Waals surface area contributed by atoms with Gasteiger partial charge in [-0.15, -0.1) is 0 Å². The first-order valence-electron chi connectivity index (χ1n) is 6.81.